The molecule has 0 unspecified atom stereocenters. The maximum absolute atomic E-state index is 11.1. The number of nitrogens with one attached hydrogen (secondary N) is 2. The Bertz CT molecular complexity index is 260. The van der Waals surface area contributed by atoms with E-state index in [1.807, 2.05) is 0 Å². The average Bonchev–Trinajstić information content (AvgIpc) is 2.73. The van der Waals surface area contributed by atoms with Gasteiger partial charge >= 0.3 is 6.03 Å². The first-order chi connectivity index (χ1) is 7.31. The van der Waals surface area contributed by atoms with Gasteiger partial charge in [0.1, 0.15) is 29.4 Å². The Labute approximate surface area is 93.6 Å². The highest BCUT2D eigenvalue weighted by Gasteiger charge is 2.48. The van der Waals surface area contributed by atoms with E-state index in [0.29, 0.717) is 23.8 Å². The number of rotatable bonds is 5. The van der Waals surface area contributed by atoms with E-state index in [4.69, 9.17) is 0 Å². The third kappa shape index (κ3) is 2.45. The molecule has 0 saturated carbocycles. The van der Waals surface area contributed by atoms with Crippen LogP contribution in [0.2, 0.25) is 0 Å². The van der Waals surface area contributed by atoms with Gasteiger partial charge in [-0.05, 0) is 31.0 Å². The van der Waals surface area contributed by atoms with Crippen LogP contribution >= 0.6 is 0 Å². The van der Waals surface area contributed by atoms with Crippen LogP contribution in [-0.4, -0.2) is 35.4 Å². The van der Waals surface area contributed by atoms with Gasteiger partial charge in [0, 0.05) is 6.42 Å². The van der Waals surface area contributed by atoms with E-state index in [1.165, 1.54) is 11.8 Å². The summed E-state index contributed by atoms with van der Waals surface area (Å²) in [6, 6.07) is 0.656. The van der Waals surface area contributed by atoms with Crippen molar-refractivity contribution in [3.63, 3.8) is 0 Å². The van der Waals surface area contributed by atoms with Crippen LogP contribution in [0.5, 0.6) is 0 Å². The minimum absolute atomic E-state index is 0.0159. The van der Waals surface area contributed by atoms with Gasteiger partial charge in [-0.1, -0.05) is 0 Å². The molecule has 5 heteroatoms. The molecule has 3 atom stereocenters. The van der Waals surface area contributed by atoms with E-state index in [1.54, 1.807) is 0 Å². The maximum atomic E-state index is 11.1. The SMILES string of the molecule is O=CCCCC[C@@H]1[SH+]C[C@@H]2NC(=O)N[C@@H]21. The quantitative estimate of drug-likeness (QED) is 0.229. The molecule has 0 radical (unpaired) electrons. The van der Waals surface area contributed by atoms with Crippen molar-refractivity contribution in [2.75, 3.05) is 5.75 Å². The lowest BCUT2D eigenvalue weighted by molar-refractivity contribution is -0.107. The number of hydrogen-bond acceptors (Lipinski definition) is 2. The number of unbranched alkanes of at least 4 members (excludes halogenated alkanes) is 2. The number of carbonyl (C=O) groups excluding carboxylic acids is 2. The van der Waals surface area contributed by atoms with Crippen LogP contribution in [0.15, 0.2) is 0 Å². The first kappa shape index (κ1) is 10.8. The molecular weight excluding hydrogens is 212 g/mol. The summed E-state index contributed by atoms with van der Waals surface area (Å²) in [5.74, 6) is 1.07. The van der Waals surface area contributed by atoms with Crippen molar-refractivity contribution in [1.29, 1.82) is 0 Å². The van der Waals surface area contributed by atoms with Gasteiger partial charge in [-0.25, -0.2) is 4.79 Å². The molecule has 2 amide bonds. The summed E-state index contributed by atoms with van der Waals surface area (Å²) in [5, 5.41) is 6.50. The summed E-state index contributed by atoms with van der Waals surface area (Å²) in [5.41, 5.74) is 0. The molecular formula is C10H17N2O2S+. The Hall–Kier alpha value is -0.710. The highest BCUT2D eigenvalue weighted by Crippen LogP contribution is 2.23. The highest BCUT2D eigenvalue weighted by atomic mass is 32.2. The Kier molecular flexibility index (Phi) is 3.51. The van der Waals surface area contributed by atoms with Gasteiger partial charge in [0.05, 0.1) is 0 Å². The van der Waals surface area contributed by atoms with Gasteiger partial charge in [0.15, 0.2) is 0 Å². The van der Waals surface area contributed by atoms with Gasteiger partial charge in [0.25, 0.3) is 0 Å². The number of aldehydes is 1. The zero-order valence-corrected chi connectivity index (χ0v) is 9.50. The van der Waals surface area contributed by atoms with Crippen molar-refractivity contribution in [2.24, 2.45) is 0 Å². The lowest BCUT2D eigenvalue weighted by atomic mass is 10.0. The van der Waals surface area contributed by atoms with Gasteiger partial charge in [-0.15, -0.1) is 0 Å². The van der Waals surface area contributed by atoms with Crippen molar-refractivity contribution in [1.82, 2.24) is 10.6 Å². The summed E-state index contributed by atoms with van der Waals surface area (Å²) in [4.78, 5) is 21.3. The molecule has 2 N–H and O–H groups in total. The predicted molar refractivity (Wildman–Crippen MR) is 61.2 cm³/mol. The summed E-state index contributed by atoms with van der Waals surface area (Å²) >= 11 is 1.44. The summed E-state index contributed by atoms with van der Waals surface area (Å²) in [6.45, 7) is 0. The third-order valence-corrected chi connectivity index (χ3v) is 4.72. The fraction of sp³-hybridized carbons (Fsp3) is 0.800. The molecule has 2 aliphatic heterocycles. The molecule has 0 aliphatic carbocycles. The smallest absolute Gasteiger partial charge is 0.315 e. The molecule has 2 fully saturated rings. The standard InChI is InChI=1S/C10H16N2O2S/c13-5-3-1-2-4-8-9-7(6-15-8)11-10(14)12-9/h5,7-9H,1-4,6H2,(H2,11,12,14)/p+1/t7-,8-,9-/m0/s1. The molecule has 0 aromatic heterocycles. The van der Waals surface area contributed by atoms with Gasteiger partial charge in [-0.3, -0.25) is 0 Å². The van der Waals surface area contributed by atoms with Crippen LogP contribution in [-0.2, 0) is 16.6 Å². The number of hydrogen-bond donors (Lipinski definition) is 2. The predicted octanol–water partition coefficient (Wildman–Crippen LogP) is -0.00720. The van der Waals surface area contributed by atoms with Crippen LogP contribution in [0.3, 0.4) is 0 Å². The zero-order chi connectivity index (χ0) is 10.7. The first-order valence-electron chi connectivity index (χ1n) is 5.48. The Morgan fingerprint density at radius 3 is 3.07 bits per heavy atom. The fourth-order valence-electron chi connectivity index (χ4n) is 2.29. The molecule has 0 aromatic rings. The molecule has 0 aromatic carbocycles. The lowest BCUT2D eigenvalue weighted by Crippen LogP contribution is -2.37. The van der Waals surface area contributed by atoms with Crippen LogP contribution in [0.4, 0.5) is 4.79 Å². The van der Waals surface area contributed by atoms with Crippen molar-refractivity contribution in [3.8, 4) is 0 Å². The fourth-order valence-corrected chi connectivity index (χ4v) is 3.98. The number of thiol groups is 1. The Morgan fingerprint density at radius 2 is 2.27 bits per heavy atom. The number of fused-ring (bicyclic) bond motifs is 1. The second-order valence-corrected chi connectivity index (χ2v) is 5.53. The summed E-state index contributed by atoms with van der Waals surface area (Å²) in [7, 11) is 0. The van der Waals surface area contributed by atoms with Crippen LogP contribution in [0.25, 0.3) is 0 Å². The largest absolute Gasteiger partial charge is 0.328 e. The van der Waals surface area contributed by atoms with Crippen LogP contribution in [0, 0.1) is 0 Å². The number of amides is 2. The van der Waals surface area contributed by atoms with E-state index in [2.05, 4.69) is 10.6 Å². The highest BCUT2D eigenvalue weighted by molar-refractivity contribution is 7.79. The minimum Gasteiger partial charge on any atom is -0.328 e. The van der Waals surface area contributed by atoms with Crippen LogP contribution < -0.4 is 10.6 Å². The van der Waals surface area contributed by atoms with E-state index < -0.39 is 0 Å². The maximum Gasteiger partial charge on any atom is 0.315 e. The van der Waals surface area contributed by atoms with E-state index >= 15 is 0 Å². The second kappa shape index (κ2) is 4.88. The van der Waals surface area contributed by atoms with E-state index in [9.17, 15) is 9.59 Å². The third-order valence-electron chi connectivity index (χ3n) is 3.07. The van der Waals surface area contributed by atoms with Crippen molar-refractivity contribution < 1.29 is 9.59 Å². The van der Waals surface area contributed by atoms with E-state index in [0.717, 1.165) is 31.3 Å². The van der Waals surface area contributed by atoms with Gasteiger partial charge in [0.2, 0.25) is 0 Å². The summed E-state index contributed by atoms with van der Waals surface area (Å²) in [6.07, 6.45) is 4.85. The van der Waals surface area contributed by atoms with Crippen molar-refractivity contribution in [2.45, 2.75) is 43.0 Å². The average molecular weight is 229 g/mol. The Morgan fingerprint density at radius 1 is 1.40 bits per heavy atom. The number of urea groups is 1. The monoisotopic (exact) mass is 229 g/mol. The van der Waals surface area contributed by atoms with Crippen LogP contribution in [0.1, 0.15) is 25.7 Å². The molecule has 0 bridgehead atoms. The molecule has 4 nitrogen and oxygen atoms in total. The zero-order valence-electron chi connectivity index (χ0n) is 8.61. The first-order valence-corrected chi connectivity index (χ1v) is 6.63. The lowest BCUT2D eigenvalue weighted by Gasteiger charge is -2.10. The number of carbonyl (C=O) groups is 2. The van der Waals surface area contributed by atoms with Crippen molar-refractivity contribution in [3.05, 3.63) is 0 Å². The van der Waals surface area contributed by atoms with Gasteiger partial charge < -0.3 is 15.4 Å². The molecule has 15 heavy (non-hydrogen) atoms. The molecule has 2 rings (SSSR count). The topological polar surface area (TPSA) is 58.2 Å². The molecule has 2 saturated heterocycles. The normalized spacial score (nSPS) is 33.3. The van der Waals surface area contributed by atoms with Crippen molar-refractivity contribution >= 4 is 24.1 Å². The second-order valence-electron chi connectivity index (χ2n) is 4.13. The molecule has 84 valence electrons. The molecule has 2 aliphatic rings. The Balaban J connectivity index is 1.74. The summed E-state index contributed by atoms with van der Waals surface area (Å²) < 4.78 is 0. The van der Waals surface area contributed by atoms with Gasteiger partial charge in [-0.2, -0.15) is 0 Å². The minimum atomic E-state index is -0.0159. The molecule has 0 spiro atoms. The molecule has 2 heterocycles. The van der Waals surface area contributed by atoms with E-state index in [-0.39, 0.29) is 6.03 Å².